The largest absolute Gasteiger partial charge is 0.494 e. The summed E-state index contributed by atoms with van der Waals surface area (Å²) in [5.41, 5.74) is 4.09. The summed E-state index contributed by atoms with van der Waals surface area (Å²) < 4.78 is 32.6. The maximum absolute atomic E-state index is 13.6. The Morgan fingerprint density at radius 2 is 1.95 bits per heavy atom. The van der Waals surface area contributed by atoms with E-state index in [1.165, 1.54) is 37.3 Å². The molecule has 3 heterocycles. The number of aromatic nitrogens is 2. The monoisotopic (exact) mass is 551 g/mol. The molecule has 2 aliphatic rings. The molecule has 9 nitrogen and oxygen atoms in total. The van der Waals surface area contributed by atoms with Crippen LogP contribution in [0.25, 0.3) is 11.1 Å². The number of nitriles is 1. The van der Waals surface area contributed by atoms with E-state index >= 15 is 0 Å². The summed E-state index contributed by atoms with van der Waals surface area (Å²) in [7, 11) is 4.90. The third-order valence-corrected chi connectivity index (χ3v) is 6.87. The van der Waals surface area contributed by atoms with Crippen LogP contribution in [0.5, 0.6) is 5.75 Å². The van der Waals surface area contributed by atoms with Crippen molar-refractivity contribution in [2.75, 3.05) is 21.2 Å². The first-order valence-electron chi connectivity index (χ1n) is 12.1. The quantitative estimate of drug-likeness (QED) is 0.388. The van der Waals surface area contributed by atoms with Gasteiger partial charge in [0.25, 0.3) is 12.3 Å². The number of pyridine rings is 2. The molecule has 1 aliphatic carbocycles. The van der Waals surface area contributed by atoms with Crippen LogP contribution in [0.4, 0.5) is 8.78 Å². The molecule has 39 heavy (non-hydrogen) atoms. The average molecular weight is 552 g/mol. The number of alkyl halides is 2. The topological polar surface area (TPSA) is 116 Å². The van der Waals surface area contributed by atoms with Crippen molar-refractivity contribution < 1.29 is 18.3 Å². The second-order valence-corrected chi connectivity index (χ2v) is 10.3. The Bertz CT molecular complexity index is 1420. The molecule has 1 fully saturated rings. The van der Waals surface area contributed by atoms with E-state index in [1.54, 1.807) is 31.1 Å². The molecule has 2 N–H and O–H groups in total. The Kier molecular flexibility index (Phi) is 8.67. The van der Waals surface area contributed by atoms with Gasteiger partial charge in [-0.25, -0.2) is 8.78 Å². The van der Waals surface area contributed by atoms with Crippen LogP contribution in [0.2, 0.25) is 0 Å². The molecule has 0 radical (unpaired) electrons. The molecule has 2 atom stereocenters. The Morgan fingerprint density at radius 3 is 2.59 bits per heavy atom. The van der Waals surface area contributed by atoms with E-state index in [0.29, 0.717) is 28.0 Å². The van der Waals surface area contributed by atoms with Gasteiger partial charge in [-0.05, 0) is 42.8 Å². The molecular formula is C27H27F2N7O2S. The zero-order chi connectivity index (χ0) is 28.1. The lowest BCUT2D eigenvalue weighted by Gasteiger charge is -2.17. The van der Waals surface area contributed by atoms with Crippen LogP contribution in [-0.4, -0.2) is 52.5 Å². The maximum Gasteiger partial charge on any atom is 0.280 e. The number of hydrazone groups is 1. The van der Waals surface area contributed by atoms with Gasteiger partial charge in [-0.1, -0.05) is 18.8 Å². The van der Waals surface area contributed by atoms with Gasteiger partial charge in [-0.2, -0.15) is 10.4 Å². The van der Waals surface area contributed by atoms with Crippen LogP contribution in [-0.2, 0) is 0 Å². The second-order valence-electron chi connectivity index (χ2n) is 9.17. The van der Waals surface area contributed by atoms with Crippen LogP contribution in [0, 0.1) is 29.1 Å². The summed E-state index contributed by atoms with van der Waals surface area (Å²) in [4.78, 5) is 23.3. The highest BCUT2D eigenvalue weighted by atomic mass is 32.2. The van der Waals surface area contributed by atoms with Gasteiger partial charge in [0.15, 0.2) is 10.5 Å². The summed E-state index contributed by atoms with van der Waals surface area (Å²) in [6.45, 7) is 1.85. The summed E-state index contributed by atoms with van der Waals surface area (Å²) in [5, 5.41) is 16.4. The van der Waals surface area contributed by atoms with Crippen molar-refractivity contribution in [2.45, 2.75) is 37.5 Å². The molecule has 0 saturated heterocycles. The number of nitrogens with one attached hydrogen (secondary N) is 2. The predicted molar refractivity (Wildman–Crippen MR) is 145 cm³/mol. The van der Waals surface area contributed by atoms with Gasteiger partial charge in [0.2, 0.25) is 0 Å². The molecule has 0 aromatic carbocycles. The Hall–Kier alpha value is -4.16. The highest BCUT2D eigenvalue weighted by Gasteiger charge is 2.25. The summed E-state index contributed by atoms with van der Waals surface area (Å²) in [6.07, 6.45) is 3.70. The third kappa shape index (κ3) is 6.84. The Labute approximate surface area is 229 Å². The van der Waals surface area contributed by atoms with Gasteiger partial charge in [0.05, 0.1) is 18.9 Å². The van der Waals surface area contributed by atoms with Crippen LogP contribution >= 0.6 is 11.8 Å². The number of nitrogens with zero attached hydrogens (tertiary/aromatic N) is 5. The number of allylic oxidation sites excluding steroid dienone is 2. The predicted octanol–water partition coefficient (Wildman–Crippen LogP) is 4.24. The van der Waals surface area contributed by atoms with Gasteiger partial charge in [-0.3, -0.25) is 25.5 Å². The van der Waals surface area contributed by atoms with E-state index in [4.69, 9.17) is 4.74 Å². The number of hydrogen-bond donors (Lipinski definition) is 2. The lowest BCUT2D eigenvalue weighted by atomic mass is 9.96. The van der Waals surface area contributed by atoms with Crippen molar-refractivity contribution in [1.82, 2.24) is 25.6 Å². The van der Waals surface area contributed by atoms with Crippen molar-refractivity contribution in [1.29, 1.82) is 5.26 Å². The van der Waals surface area contributed by atoms with E-state index in [9.17, 15) is 18.8 Å². The average Bonchev–Trinajstić information content (AvgIpc) is 3.66. The number of carbonyl (C=O) groups is 1. The van der Waals surface area contributed by atoms with Gasteiger partial charge < -0.3 is 9.64 Å². The number of amides is 1. The molecule has 12 heteroatoms. The van der Waals surface area contributed by atoms with Crippen molar-refractivity contribution in [3.8, 4) is 34.8 Å². The van der Waals surface area contributed by atoms with Crippen LogP contribution < -0.4 is 15.5 Å². The zero-order valence-electron chi connectivity index (χ0n) is 21.8. The fourth-order valence-electron chi connectivity index (χ4n) is 3.67. The molecule has 1 aliphatic heterocycles. The standard InChI is InChI=1S/C27H27F2N7O2S/c1-15(9-17(12-30)36(2)3)21-10-18(19-11-22(25(28)29)32-14-23(19)38-4)20(13-31-21)26(37)33-27-35-34-24(39-27)8-7-16-5-6-16/h9-11,13-16,24-25,34H,5-6H2,1-4H3,(H,33,35,37)/b17-9-. The van der Waals surface area contributed by atoms with E-state index in [0.717, 1.165) is 12.8 Å². The fraction of sp³-hybridized carbons (Fsp3) is 0.370. The van der Waals surface area contributed by atoms with E-state index in [1.807, 2.05) is 6.92 Å². The Morgan fingerprint density at radius 1 is 1.23 bits per heavy atom. The number of amidine groups is 1. The summed E-state index contributed by atoms with van der Waals surface area (Å²) in [5.74, 6) is 6.06. The van der Waals surface area contributed by atoms with E-state index in [2.05, 4.69) is 43.7 Å². The molecule has 1 amide bonds. The first-order chi connectivity index (χ1) is 18.7. The number of rotatable bonds is 7. The summed E-state index contributed by atoms with van der Waals surface area (Å²) >= 11 is 1.28. The Balaban J connectivity index is 1.71. The highest BCUT2D eigenvalue weighted by molar-refractivity contribution is 8.14. The summed E-state index contributed by atoms with van der Waals surface area (Å²) in [6, 6.07) is 4.97. The highest BCUT2D eigenvalue weighted by Crippen LogP contribution is 2.36. The molecule has 2 aromatic heterocycles. The number of carbonyl (C=O) groups excluding carboxylic acids is 1. The number of ether oxygens (including phenoxy) is 1. The smallest absolute Gasteiger partial charge is 0.280 e. The number of halogens is 2. The maximum atomic E-state index is 13.6. The first kappa shape index (κ1) is 27.9. The lowest BCUT2D eigenvalue weighted by molar-refractivity contribution is 0.0978. The van der Waals surface area contributed by atoms with Crippen molar-refractivity contribution in [3.63, 3.8) is 0 Å². The molecule has 4 rings (SSSR count). The molecule has 0 bridgehead atoms. The number of methoxy groups -OCH3 is 1. The van der Waals surface area contributed by atoms with Crippen LogP contribution in [0.1, 0.15) is 53.9 Å². The second kappa shape index (κ2) is 12.1. The fourth-order valence-corrected chi connectivity index (χ4v) is 4.38. The van der Waals surface area contributed by atoms with Gasteiger partial charge in [-0.15, -0.1) is 0 Å². The number of thioether (sulfide) groups is 1. The first-order valence-corrected chi connectivity index (χ1v) is 13.0. The minimum atomic E-state index is -2.82. The van der Waals surface area contributed by atoms with Crippen LogP contribution in [0.15, 0.2) is 41.4 Å². The zero-order valence-corrected chi connectivity index (χ0v) is 22.6. The van der Waals surface area contributed by atoms with Gasteiger partial charge >= 0.3 is 0 Å². The van der Waals surface area contributed by atoms with Gasteiger partial charge in [0.1, 0.15) is 23.2 Å². The lowest BCUT2D eigenvalue weighted by Crippen LogP contribution is -2.28. The molecular weight excluding hydrogens is 524 g/mol. The molecule has 2 aromatic rings. The molecule has 202 valence electrons. The number of hydrogen-bond acceptors (Lipinski definition) is 9. The van der Waals surface area contributed by atoms with Crippen LogP contribution in [0.3, 0.4) is 0 Å². The third-order valence-electron chi connectivity index (χ3n) is 5.99. The van der Waals surface area contributed by atoms with E-state index in [-0.39, 0.29) is 28.2 Å². The van der Waals surface area contributed by atoms with Crippen molar-refractivity contribution in [3.05, 3.63) is 53.3 Å². The molecule has 0 spiro atoms. The normalized spacial score (nSPS) is 17.3. The molecule has 2 unspecified atom stereocenters. The minimum absolute atomic E-state index is 0.128. The van der Waals surface area contributed by atoms with Crippen molar-refractivity contribution in [2.24, 2.45) is 11.0 Å². The minimum Gasteiger partial charge on any atom is -0.494 e. The SMILES string of the molecule is COc1cnc(C(F)F)cc1-c1cc(C(C)/C=C(/C#N)N(C)C)ncc1C(=O)NC1=NNC(C#CC2CC2)S1. The van der Waals surface area contributed by atoms with E-state index < -0.39 is 18.0 Å². The molecule has 1 saturated carbocycles. The van der Waals surface area contributed by atoms with Gasteiger partial charge in [0, 0.05) is 48.9 Å². The van der Waals surface area contributed by atoms with Crippen molar-refractivity contribution >= 4 is 22.8 Å².